The number of hydrogen-bond donors (Lipinski definition) is 1. The first-order valence-corrected chi connectivity index (χ1v) is 10.7. The number of nitrogens with zero attached hydrogens (tertiary/aromatic N) is 3. The van der Waals surface area contributed by atoms with Crippen LogP contribution >= 0.6 is 0 Å². The van der Waals surface area contributed by atoms with Crippen molar-refractivity contribution in [1.29, 1.82) is 0 Å². The monoisotopic (exact) mass is 410 g/mol. The number of carbonyl (C=O) groups is 2. The van der Waals surface area contributed by atoms with Crippen molar-refractivity contribution in [2.75, 3.05) is 4.90 Å². The van der Waals surface area contributed by atoms with E-state index >= 15 is 0 Å². The molecule has 1 unspecified atom stereocenters. The van der Waals surface area contributed by atoms with Crippen LogP contribution in [0.5, 0.6) is 0 Å². The van der Waals surface area contributed by atoms with Crippen molar-refractivity contribution in [2.24, 2.45) is 5.84 Å². The van der Waals surface area contributed by atoms with E-state index < -0.39 is 11.8 Å². The summed E-state index contributed by atoms with van der Waals surface area (Å²) in [5.41, 5.74) is 5.03. The molecule has 1 fully saturated rings. The van der Waals surface area contributed by atoms with Crippen molar-refractivity contribution in [2.45, 2.75) is 37.8 Å². The molecule has 2 aromatic rings. The van der Waals surface area contributed by atoms with Crippen molar-refractivity contribution in [3.05, 3.63) is 63.7 Å². The average molecular weight is 410 g/mol. The fourth-order valence-electron chi connectivity index (χ4n) is 6.43. The molecule has 0 spiro atoms. The number of ether oxygens (including phenoxy) is 1. The first-order valence-electron chi connectivity index (χ1n) is 10.7. The number of rotatable bonds is 0. The number of imide groups is 1. The number of benzene rings is 1. The fourth-order valence-corrected chi connectivity index (χ4v) is 6.43. The van der Waals surface area contributed by atoms with E-state index in [9.17, 15) is 9.59 Å². The normalized spacial score (nSPS) is 28.4. The third-order valence-corrected chi connectivity index (χ3v) is 7.56. The second-order valence-corrected chi connectivity index (χ2v) is 8.88. The van der Waals surface area contributed by atoms with Gasteiger partial charge < -0.3 is 14.2 Å². The standard InChI is InChI=1S/C24H18N4O3/c25-28-23(29)19-17-11-5-1-3-7-13(11)26-15-9-10-16(31-15)27-14-8-4-2-6-12(14)18(20(19)24(28)30)22(27)21(17)26/h1-5,7-8,13,15-16H,6,9-10,25H2/t13?,15-,16+/m0/s1. The molecule has 1 aromatic carbocycles. The summed E-state index contributed by atoms with van der Waals surface area (Å²) in [6.07, 6.45) is 16.9. The maximum atomic E-state index is 13.3. The maximum absolute atomic E-state index is 13.3. The third kappa shape index (κ3) is 1.62. The fraction of sp³-hybridized carbons (Fsp3) is 0.250. The van der Waals surface area contributed by atoms with Crippen molar-refractivity contribution in [1.82, 2.24) is 9.58 Å². The highest BCUT2D eigenvalue weighted by atomic mass is 16.5. The smallest absolute Gasteiger partial charge is 0.276 e. The molecule has 2 N–H and O–H groups in total. The molecule has 0 saturated carbocycles. The van der Waals surface area contributed by atoms with Gasteiger partial charge in [-0.2, -0.15) is 0 Å². The van der Waals surface area contributed by atoms with E-state index in [1.165, 1.54) is 0 Å². The van der Waals surface area contributed by atoms with E-state index in [1.54, 1.807) is 0 Å². The lowest BCUT2D eigenvalue weighted by molar-refractivity contribution is 0.00536. The minimum absolute atomic E-state index is 0.0197. The second kappa shape index (κ2) is 5.07. The Kier molecular flexibility index (Phi) is 2.66. The average Bonchev–Trinajstić information content (AvgIpc) is 3.49. The summed E-state index contributed by atoms with van der Waals surface area (Å²) in [6.45, 7) is 0. The number of allylic oxidation sites excluding steroid dienone is 4. The molecule has 6 aliphatic rings. The molecule has 5 heterocycles. The molecular weight excluding hydrogens is 392 g/mol. The van der Waals surface area contributed by atoms with Gasteiger partial charge in [0.25, 0.3) is 11.8 Å². The molecule has 152 valence electrons. The molecule has 2 amide bonds. The van der Waals surface area contributed by atoms with E-state index in [1.807, 2.05) is 12.2 Å². The highest BCUT2D eigenvalue weighted by Crippen LogP contribution is 2.48. The summed E-state index contributed by atoms with van der Waals surface area (Å²) in [4.78, 5) is 28.9. The summed E-state index contributed by atoms with van der Waals surface area (Å²) >= 11 is 0. The van der Waals surface area contributed by atoms with Gasteiger partial charge >= 0.3 is 0 Å². The molecule has 8 rings (SSSR count). The third-order valence-electron chi connectivity index (χ3n) is 7.56. The highest BCUT2D eigenvalue weighted by molar-refractivity contribution is 6.29. The minimum atomic E-state index is -0.420. The number of carbonyl (C=O) groups excluding carboxylic acids is 2. The van der Waals surface area contributed by atoms with Gasteiger partial charge in [0.2, 0.25) is 0 Å². The molecule has 2 bridgehead atoms. The number of amides is 2. The van der Waals surface area contributed by atoms with Crippen LogP contribution in [0.3, 0.4) is 0 Å². The maximum Gasteiger partial charge on any atom is 0.276 e. The van der Waals surface area contributed by atoms with Crippen LogP contribution in [0.1, 0.15) is 45.3 Å². The Morgan fingerprint density at radius 1 is 1.03 bits per heavy atom. The van der Waals surface area contributed by atoms with Gasteiger partial charge in [0.15, 0.2) is 0 Å². The number of nitrogens with two attached hydrogens (primary N) is 1. The predicted molar refractivity (Wildman–Crippen MR) is 114 cm³/mol. The lowest BCUT2D eigenvalue weighted by Crippen LogP contribution is -2.40. The lowest BCUT2D eigenvalue weighted by atomic mass is 9.94. The molecule has 3 atom stereocenters. The van der Waals surface area contributed by atoms with Crippen LogP contribution in [0.2, 0.25) is 0 Å². The van der Waals surface area contributed by atoms with Gasteiger partial charge in [-0.15, -0.1) is 0 Å². The number of hydrazine groups is 1. The SMILES string of the molecule is NN1C(=O)c2c(c3c4c(n5c3c3c2=C2C=CC=CC2N3[C@@H]2CC[C@H]5O2)=CC=CC4)C1=O. The summed E-state index contributed by atoms with van der Waals surface area (Å²) < 4.78 is 8.85. The Morgan fingerprint density at radius 2 is 1.87 bits per heavy atom. The van der Waals surface area contributed by atoms with Gasteiger partial charge in [0, 0.05) is 16.0 Å². The summed E-state index contributed by atoms with van der Waals surface area (Å²) in [6, 6.07) is -0.0197. The Morgan fingerprint density at radius 3 is 2.77 bits per heavy atom. The Balaban J connectivity index is 1.70. The Hall–Kier alpha value is -3.42. The summed E-state index contributed by atoms with van der Waals surface area (Å²) in [7, 11) is 0. The van der Waals surface area contributed by atoms with E-state index in [0.29, 0.717) is 17.5 Å². The summed E-state index contributed by atoms with van der Waals surface area (Å²) in [5.74, 6) is 5.14. The molecule has 4 aliphatic heterocycles. The van der Waals surface area contributed by atoms with Gasteiger partial charge in [-0.1, -0.05) is 36.5 Å². The van der Waals surface area contributed by atoms with Crippen molar-refractivity contribution >= 4 is 40.1 Å². The first kappa shape index (κ1) is 16.3. The van der Waals surface area contributed by atoms with Gasteiger partial charge in [-0.25, -0.2) is 10.9 Å². The van der Waals surface area contributed by atoms with Crippen LogP contribution in [0.15, 0.2) is 36.5 Å². The van der Waals surface area contributed by atoms with Gasteiger partial charge in [0.1, 0.15) is 12.5 Å². The van der Waals surface area contributed by atoms with Crippen molar-refractivity contribution in [3.63, 3.8) is 0 Å². The molecule has 7 heteroatoms. The summed E-state index contributed by atoms with van der Waals surface area (Å²) in [5, 5.41) is 3.57. The van der Waals surface area contributed by atoms with E-state index in [2.05, 4.69) is 39.8 Å². The molecule has 7 nitrogen and oxygen atoms in total. The molecular formula is C24H18N4O3. The van der Waals surface area contributed by atoms with E-state index in [-0.39, 0.29) is 18.5 Å². The molecule has 2 aliphatic carbocycles. The zero-order chi connectivity index (χ0) is 20.6. The molecule has 1 aromatic heterocycles. The Bertz CT molecular complexity index is 1520. The van der Waals surface area contributed by atoms with Crippen LogP contribution in [0.4, 0.5) is 5.69 Å². The lowest BCUT2D eigenvalue weighted by Gasteiger charge is -2.32. The van der Waals surface area contributed by atoms with Crippen molar-refractivity contribution < 1.29 is 14.3 Å². The topological polar surface area (TPSA) is 80.8 Å². The van der Waals surface area contributed by atoms with Crippen LogP contribution in [0.25, 0.3) is 22.6 Å². The van der Waals surface area contributed by atoms with Gasteiger partial charge in [-0.05, 0) is 36.5 Å². The first-order chi connectivity index (χ1) is 15.2. The predicted octanol–water partition coefficient (Wildman–Crippen LogP) is 1.12. The number of fused-ring (bicyclic) bond motifs is 12. The van der Waals surface area contributed by atoms with Crippen LogP contribution < -0.4 is 21.3 Å². The van der Waals surface area contributed by atoms with Gasteiger partial charge in [-0.3, -0.25) is 9.59 Å². The number of anilines is 1. The largest absolute Gasteiger partial charge is 0.335 e. The van der Waals surface area contributed by atoms with E-state index in [0.717, 1.165) is 56.1 Å². The molecule has 1 saturated heterocycles. The quantitative estimate of drug-likeness (QED) is 0.400. The molecule has 0 radical (unpaired) electrons. The zero-order valence-corrected chi connectivity index (χ0v) is 16.5. The van der Waals surface area contributed by atoms with E-state index in [4.69, 9.17) is 10.6 Å². The van der Waals surface area contributed by atoms with Gasteiger partial charge in [0.05, 0.1) is 28.4 Å². The molecule has 31 heavy (non-hydrogen) atoms. The van der Waals surface area contributed by atoms with Crippen LogP contribution in [0, 0.1) is 0 Å². The highest BCUT2D eigenvalue weighted by Gasteiger charge is 2.49. The number of aromatic nitrogens is 1. The zero-order valence-electron chi connectivity index (χ0n) is 16.5. The number of hydrogen-bond acceptors (Lipinski definition) is 5. The minimum Gasteiger partial charge on any atom is -0.335 e. The van der Waals surface area contributed by atoms with Crippen LogP contribution in [-0.4, -0.2) is 33.7 Å². The second-order valence-electron chi connectivity index (χ2n) is 8.88. The van der Waals surface area contributed by atoms with Crippen LogP contribution in [-0.2, 0) is 11.2 Å². The Labute approximate surface area is 176 Å². The van der Waals surface area contributed by atoms with Crippen molar-refractivity contribution in [3.8, 4) is 0 Å².